The number of fused-ring (bicyclic) bond motifs is 1. The number of nitrogens with two attached hydrogens (primary N) is 1. The molecule has 1 heterocycles. The lowest BCUT2D eigenvalue weighted by Gasteiger charge is -2.10. The fourth-order valence-corrected chi connectivity index (χ4v) is 1.72. The molecule has 1 atom stereocenters. The molecule has 2 rings (SSSR count). The zero-order valence-corrected chi connectivity index (χ0v) is 10.5. The smallest absolute Gasteiger partial charge is 0.223 e. The number of ether oxygens (including phenoxy) is 1. The molecule has 0 aliphatic carbocycles. The Labute approximate surface area is 106 Å². The molecule has 0 amide bonds. The molecule has 5 heteroatoms. The molecular formula is C13H18N4O. The molecule has 0 fully saturated rings. The van der Waals surface area contributed by atoms with E-state index in [0.29, 0.717) is 12.6 Å². The lowest BCUT2D eigenvalue weighted by atomic mass is 10.2. The van der Waals surface area contributed by atoms with Crippen LogP contribution in [0.2, 0.25) is 0 Å². The second kappa shape index (κ2) is 6.28. The van der Waals surface area contributed by atoms with Crippen molar-refractivity contribution >= 4 is 16.9 Å². The van der Waals surface area contributed by atoms with Crippen molar-refractivity contribution in [3.05, 3.63) is 30.5 Å². The van der Waals surface area contributed by atoms with Crippen LogP contribution in [0.4, 0.5) is 5.95 Å². The number of rotatable bonds is 6. The van der Waals surface area contributed by atoms with Crippen molar-refractivity contribution in [3.8, 4) is 0 Å². The van der Waals surface area contributed by atoms with E-state index in [2.05, 4.69) is 15.3 Å². The van der Waals surface area contributed by atoms with Gasteiger partial charge in [0.25, 0.3) is 0 Å². The average Bonchev–Trinajstić information content (AvgIpc) is 2.39. The Morgan fingerprint density at radius 3 is 3.06 bits per heavy atom. The van der Waals surface area contributed by atoms with Crippen molar-refractivity contribution in [2.45, 2.75) is 12.5 Å². The molecule has 0 aliphatic heterocycles. The molecule has 18 heavy (non-hydrogen) atoms. The van der Waals surface area contributed by atoms with Gasteiger partial charge in [-0.15, -0.1) is 0 Å². The average molecular weight is 246 g/mol. The van der Waals surface area contributed by atoms with Crippen molar-refractivity contribution in [2.24, 2.45) is 5.73 Å². The van der Waals surface area contributed by atoms with Gasteiger partial charge < -0.3 is 15.8 Å². The summed E-state index contributed by atoms with van der Waals surface area (Å²) < 4.78 is 4.98. The van der Waals surface area contributed by atoms with Gasteiger partial charge in [-0.05, 0) is 12.5 Å². The van der Waals surface area contributed by atoms with Crippen LogP contribution in [-0.2, 0) is 4.74 Å². The van der Waals surface area contributed by atoms with E-state index >= 15 is 0 Å². The van der Waals surface area contributed by atoms with Crippen LogP contribution < -0.4 is 11.1 Å². The summed E-state index contributed by atoms with van der Waals surface area (Å²) >= 11 is 0. The van der Waals surface area contributed by atoms with Gasteiger partial charge >= 0.3 is 0 Å². The third kappa shape index (κ3) is 3.38. The van der Waals surface area contributed by atoms with Crippen LogP contribution in [0.25, 0.3) is 10.9 Å². The summed E-state index contributed by atoms with van der Waals surface area (Å²) in [4.78, 5) is 8.68. The maximum Gasteiger partial charge on any atom is 0.223 e. The molecule has 1 aromatic heterocycles. The maximum atomic E-state index is 5.83. The summed E-state index contributed by atoms with van der Waals surface area (Å²) in [5, 5.41) is 4.21. The van der Waals surface area contributed by atoms with Crippen molar-refractivity contribution in [3.63, 3.8) is 0 Å². The topological polar surface area (TPSA) is 73.1 Å². The molecule has 0 spiro atoms. The second-order valence-corrected chi connectivity index (χ2v) is 4.18. The molecule has 0 saturated heterocycles. The highest BCUT2D eigenvalue weighted by Crippen LogP contribution is 2.11. The van der Waals surface area contributed by atoms with E-state index in [9.17, 15) is 0 Å². The summed E-state index contributed by atoms with van der Waals surface area (Å²) in [6, 6.07) is 7.95. The van der Waals surface area contributed by atoms with E-state index in [4.69, 9.17) is 10.5 Å². The normalized spacial score (nSPS) is 12.6. The minimum Gasteiger partial charge on any atom is -0.383 e. The van der Waals surface area contributed by atoms with E-state index < -0.39 is 0 Å². The number of para-hydroxylation sites is 1. The van der Waals surface area contributed by atoms with E-state index in [1.54, 1.807) is 7.11 Å². The van der Waals surface area contributed by atoms with Gasteiger partial charge in [0.2, 0.25) is 5.95 Å². The fraction of sp³-hybridized carbons (Fsp3) is 0.385. The predicted octanol–water partition coefficient (Wildman–Crippen LogP) is 1.41. The van der Waals surface area contributed by atoms with Crippen LogP contribution >= 0.6 is 0 Å². The zero-order valence-electron chi connectivity index (χ0n) is 10.5. The quantitative estimate of drug-likeness (QED) is 0.806. The Bertz CT molecular complexity index is 503. The number of aromatic nitrogens is 2. The van der Waals surface area contributed by atoms with Crippen molar-refractivity contribution < 1.29 is 4.74 Å². The van der Waals surface area contributed by atoms with E-state index in [-0.39, 0.29) is 6.04 Å². The first-order chi connectivity index (χ1) is 8.79. The van der Waals surface area contributed by atoms with Crippen LogP contribution in [-0.4, -0.2) is 36.3 Å². The monoisotopic (exact) mass is 246 g/mol. The Hall–Kier alpha value is -1.72. The highest BCUT2D eigenvalue weighted by Gasteiger charge is 2.02. The Balaban J connectivity index is 1.91. The molecule has 0 bridgehead atoms. The predicted molar refractivity (Wildman–Crippen MR) is 72.5 cm³/mol. The number of nitrogens with zero attached hydrogens (tertiary/aromatic N) is 2. The highest BCUT2D eigenvalue weighted by atomic mass is 16.5. The molecule has 96 valence electrons. The first-order valence-electron chi connectivity index (χ1n) is 6.00. The first-order valence-corrected chi connectivity index (χ1v) is 6.00. The molecule has 1 unspecified atom stereocenters. The third-order valence-electron chi connectivity index (χ3n) is 2.67. The SMILES string of the molecule is COCC(N)CCNc1ncc2ccccc2n1. The number of hydrogen-bond donors (Lipinski definition) is 2. The van der Waals surface area contributed by atoms with Crippen LogP contribution in [0.1, 0.15) is 6.42 Å². The molecule has 1 aromatic carbocycles. The van der Waals surface area contributed by atoms with Gasteiger partial charge in [-0.25, -0.2) is 9.97 Å². The second-order valence-electron chi connectivity index (χ2n) is 4.18. The van der Waals surface area contributed by atoms with Crippen LogP contribution in [0.15, 0.2) is 30.5 Å². The van der Waals surface area contributed by atoms with E-state index in [1.807, 2.05) is 30.5 Å². The minimum atomic E-state index is 0.0444. The van der Waals surface area contributed by atoms with Crippen LogP contribution in [0.5, 0.6) is 0 Å². The van der Waals surface area contributed by atoms with Crippen molar-refractivity contribution in [2.75, 3.05) is 25.6 Å². The van der Waals surface area contributed by atoms with Gasteiger partial charge in [0.15, 0.2) is 0 Å². The summed E-state index contributed by atoms with van der Waals surface area (Å²) in [7, 11) is 1.65. The molecule has 0 saturated carbocycles. The van der Waals surface area contributed by atoms with Gasteiger partial charge in [-0.1, -0.05) is 18.2 Å². The molecular weight excluding hydrogens is 228 g/mol. The Morgan fingerprint density at radius 1 is 1.39 bits per heavy atom. The van der Waals surface area contributed by atoms with Gasteiger partial charge in [0.1, 0.15) is 0 Å². The molecule has 0 aliphatic rings. The van der Waals surface area contributed by atoms with Gasteiger partial charge in [0, 0.05) is 31.3 Å². The summed E-state index contributed by atoms with van der Waals surface area (Å²) in [6.45, 7) is 1.31. The number of anilines is 1. The summed E-state index contributed by atoms with van der Waals surface area (Å²) in [5.41, 5.74) is 6.77. The van der Waals surface area contributed by atoms with Gasteiger partial charge in [-0.3, -0.25) is 0 Å². The number of benzene rings is 1. The van der Waals surface area contributed by atoms with Crippen molar-refractivity contribution in [1.82, 2.24) is 9.97 Å². The number of hydrogen-bond acceptors (Lipinski definition) is 5. The summed E-state index contributed by atoms with van der Waals surface area (Å²) in [5.74, 6) is 0.637. The Kier molecular flexibility index (Phi) is 4.44. The van der Waals surface area contributed by atoms with Gasteiger partial charge in [0.05, 0.1) is 12.1 Å². The molecule has 0 radical (unpaired) electrons. The van der Waals surface area contributed by atoms with Crippen LogP contribution in [0, 0.1) is 0 Å². The Morgan fingerprint density at radius 2 is 2.22 bits per heavy atom. The zero-order chi connectivity index (χ0) is 12.8. The van der Waals surface area contributed by atoms with Crippen molar-refractivity contribution in [1.29, 1.82) is 0 Å². The standard InChI is InChI=1S/C13H18N4O/c1-18-9-11(14)6-7-15-13-16-8-10-4-2-3-5-12(10)17-13/h2-5,8,11H,6-7,9,14H2,1H3,(H,15,16,17). The lowest BCUT2D eigenvalue weighted by molar-refractivity contribution is 0.178. The lowest BCUT2D eigenvalue weighted by Crippen LogP contribution is -2.28. The maximum absolute atomic E-state index is 5.83. The molecule has 3 N–H and O–H groups in total. The van der Waals surface area contributed by atoms with E-state index in [0.717, 1.165) is 23.9 Å². The largest absolute Gasteiger partial charge is 0.383 e. The highest BCUT2D eigenvalue weighted by molar-refractivity contribution is 5.78. The molecule has 2 aromatic rings. The van der Waals surface area contributed by atoms with E-state index in [1.165, 1.54) is 0 Å². The first kappa shape index (κ1) is 12.7. The third-order valence-corrected chi connectivity index (χ3v) is 2.67. The minimum absolute atomic E-state index is 0.0444. The molecule has 5 nitrogen and oxygen atoms in total. The fourth-order valence-electron chi connectivity index (χ4n) is 1.72. The number of nitrogens with one attached hydrogen (secondary N) is 1. The summed E-state index contributed by atoms with van der Waals surface area (Å²) in [6.07, 6.45) is 2.64. The number of methoxy groups -OCH3 is 1. The van der Waals surface area contributed by atoms with Crippen LogP contribution in [0.3, 0.4) is 0 Å². The van der Waals surface area contributed by atoms with Gasteiger partial charge in [-0.2, -0.15) is 0 Å².